The van der Waals surface area contributed by atoms with E-state index in [2.05, 4.69) is 65.8 Å². The average Bonchev–Trinajstić information content (AvgIpc) is 3.04. The van der Waals surface area contributed by atoms with Crippen LogP contribution in [-0.2, 0) is 13.5 Å². The van der Waals surface area contributed by atoms with Gasteiger partial charge in [0.25, 0.3) is 5.82 Å². The van der Waals surface area contributed by atoms with E-state index < -0.39 is 0 Å². The van der Waals surface area contributed by atoms with Crippen molar-refractivity contribution < 1.29 is 4.57 Å². The van der Waals surface area contributed by atoms with E-state index in [1.165, 1.54) is 88.6 Å². The van der Waals surface area contributed by atoms with E-state index in [1.807, 2.05) is 0 Å². The first-order valence-corrected chi connectivity index (χ1v) is 10.9. The van der Waals surface area contributed by atoms with Crippen molar-refractivity contribution in [3.05, 3.63) is 48.5 Å². The summed E-state index contributed by atoms with van der Waals surface area (Å²) in [6.07, 6.45) is 22.4. The quantitative estimate of drug-likeness (QED) is 0.268. The van der Waals surface area contributed by atoms with E-state index in [9.17, 15) is 0 Å². The minimum absolute atomic E-state index is 1.16. The van der Waals surface area contributed by atoms with Gasteiger partial charge in [-0.05, 0) is 18.6 Å². The zero-order chi connectivity index (χ0) is 18.5. The molecule has 0 atom stereocenters. The van der Waals surface area contributed by atoms with E-state index in [0.717, 1.165) is 6.42 Å². The number of nitrogens with zero attached hydrogens (tertiary/aromatic N) is 2. The number of rotatable bonds is 14. The lowest BCUT2D eigenvalue weighted by molar-refractivity contribution is -0.678. The summed E-state index contributed by atoms with van der Waals surface area (Å²) in [6, 6.07) is 10.7. The molecule has 0 N–H and O–H groups in total. The van der Waals surface area contributed by atoms with E-state index in [0.29, 0.717) is 0 Å². The molecule has 0 saturated heterocycles. The van der Waals surface area contributed by atoms with Gasteiger partial charge in [-0.3, -0.25) is 0 Å². The molecule has 1 aromatic heterocycles. The van der Waals surface area contributed by atoms with Crippen LogP contribution in [0.25, 0.3) is 5.69 Å². The lowest BCUT2D eigenvalue weighted by Crippen LogP contribution is -2.31. The highest BCUT2D eigenvalue weighted by atomic mass is 15.1. The molecule has 2 rings (SSSR count). The second-order valence-electron chi connectivity index (χ2n) is 7.67. The fraction of sp³-hybridized carbons (Fsp3) is 0.625. The Kier molecular flexibility index (Phi) is 10.2. The number of hydrogen-bond donors (Lipinski definition) is 0. The molecular formula is C24H39N2+. The molecule has 0 aliphatic heterocycles. The van der Waals surface area contributed by atoms with E-state index in [1.54, 1.807) is 0 Å². The summed E-state index contributed by atoms with van der Waals surface area (Å²) in [7, 11) is 2.16. The molecule has 0 radical (unpaired) electrons. The molecular weight excluding hydrogens is 316 g/mol. The van der Waals surface area contributed by atoms with Crippen molar-refractivity contribution in [3.8, 4) is 5.69 Å². The van der Waals surface area contributed by atoms with Crippen LogP contribution in [0.15, 0.2) is 42.7 Å². The highest BCUT2D eigenvalue weighted by Gasteiger charge is 2.15. The predicted octanol–water partition coefficient (Wildman–Crippen LogP) is 6.55. The number of para-hydroxylation sites is 1. The van der Waals surface area contributed by atoms with Crippen molar-refractivity contribution in [2.24, 2.45) is 7.05 Å². The molecule has 1 aromatic carbocycles. The van der Waals surface area contributed by atoms with Crippen LogP contribution in [0.5, 0.6) is 0 Å². The highest BCUT2D eigenvalue weighted by molar-refractivity contribution is 5.31. The van der Waals surface area contributed by atoms with Crippen LogP contribution >= 0.6 is 0 Å². The van der Waals surface area contributed by atoms with Crippen LogP contribution < -0.4 is 4.57 Å². The van der Waals surface area contributed by atoms with Gasteiger partial charge in [0.15, 0.2) is 0 Å². The molecule has 26 heavy (non-hydrogen) atoms. The maximum absolute atomic E-state index is 2.33. The van der Waals surface area contributed by atoms with Crippen LogP contribution in [0.4, 0.5) is 0 Å². The number of benzene rings is 1. The summed E-state index contributed by atoms with van der Waals surface area (Å²) in [5.41, 5.74) is 1.27. The van der Waals surface area contributed by atoms with Gasteiger partial charge in [-0.25, -0.2) is 4.57 Å². The normalized spacial score (nSPS) is 11.2. The summed E-state index contributed by atoms with van der Waals surface area (Å²) in [5, 5.41) is 0. The van der Waals surface area contributed by atoms with Crippen LogP contribution in [-0.4, -0.2) is 4.57 Å². The van der Waals surface area contributed by atoms with Gasteiger partial charge in [0, 0.05) is 6.42 Å². The van der Waals surface area contributed by atoms with Gasteiger partial charge < -0.3 is 0 Å². The van der Waals surface area contributed by atoms with Crippen molar-refractivity contribution in [1.29, 1.82) is 0 Å². The van der Waals surface area contributed by atoms with Crippen molar-refractivity contribution in [2.45, 2.75) is 90.4 Å². The number of imidazole rings is 1. The van der Waals surface area contributed by atoms with Gasteiger partial charge >= 0.3 is 0 Å². The maximum Gasteiger partial charge on any atom is 0.261 e. The Bertz CT molecular complexity index is 586. The molecule has 2 heteroatoms. The second kappa shape index (κ2) is 12.7. The molecule has 0 aliphatic carbocycles. The standard InChI is InChI=1S/C24H39N2/c1-3-4-5-6-7-8-9-10-11-12-13-17-20-24-25(2)21-22-26(24)23-18-15-14-16-19-23/h14-16,18-19,21-22H,3-13,17,20H2,1-2H3/q+1. The molecule has 1 heterocycles. The molecule has 144 valence electrons. The van der Waals surface area contributed by atoms with Crippen molar-refractivity contribution >= 4 is 0 Å². The minimum atomic E-state index is 1.16. The Morgan fingerprint density at radius 2 is 1.27 bits per heavy atom. The fourth-order valence-corrected chi connectivity index (χ4v) is 3.75. The molecule has 0 saturated carbocycles. The minimum Gasteiger partial charge on any atom is -0.237 e. The molecule has 0 bridgehead atoms. The van der Waals surface area contributed by atoms with Crippen molar-refractivity contribution in [1.82, 2.24) is 4.57 Å². The van der Waals surface area contributed by atoms with E-state index >= 15 is 0 Å². The molecule has 0 aliphatic rings. The van der Waals surface area contributed by atoms with Gasteiger partial charge in [-0.2, -0.15) is 4.57 Å². The highest BCUT2D eigenvalue weighted by Crippen LogP contribution is 2.14. The van der Waals surface area contributed by atoms with Gasteiger partial charge in [0.1, 0.15) is 18.1 Å². The first-order chi connectivity index (χ1) is 12.8. The monoisotopic (exact) mass is 355 g/mol. The zero-order valence-electron chi connectivity index (χ0n) is 17.1. The number of unbranched alkanes of at least 4 members (excludes halogenated alkanes) is 11. The smallest absolute Gasteiger partial charge is 0.237 e. The first kappa shape index (κ1) is 20.7. The average molecular weight is 356 g/mol. The Morgan fingerprint density at radius 3 is 1.85 bits per heavy atom. The molecule has 0 fully saturated rings. The molecule has 2 aromatic rings. The van der Waals surface area contributed by atoms with Crippen LogP contribution in [0.2, 0.25) is 0 Å². The summed E-state index contributed by atoms with van der Waals surface area (Å²) in [6.45, 7) is 2.29. The number of aryl methyl sites for hydroxylation is 1. The summed E-state index contributed by atoms with van der Waals surface area (Å²) in [4.78, 5) is 0. The Balaban J connectivity index is 1.56. The van der Waals surface area contributed by atoms with E-state index in [-0.39, 0.29) is 0 Å². The van der Waals surface area contributed by atoms with Gasteiger partial charge in [0.05, 0.1) is 7.05 Å². The molecule has 0 unspecified atom stereocenters. The van der Waals surface area contributed by atoms with Crippen molar-refractivity contribution in [2.75, 3.05) is 0 Å². The van der Waals surface area contributed by atoms with Crippen LogP contribution in [0, 0.1) is 0 Å². The third-order valence-corrected chi connectivity index (χ3v) is 5.41. The first-order valence-electron chi connectivity index (χ1n) is 10.9. The zero-order valence-corrected chi connectivity index (χ0v) is 17.1. The molecule has 0 amide bonds. The summed E-state index contributed by atoms with van der Waals surface area (Å²) < 4.78 is 4.60. The predicted molar refractivity (Wildman–Crippen MR) is 112 cm³/mol. The Hall–Kier alpha value is -1.57. The number of hydrogen-bond acceptors (Lipinski definition) is 0. The third-order valence-electron chi connectivity index (χ3n) is 5.41. The van der Waals surface area contributed by atoms with E-state index in [4.69, 9.17) is 0 Å². The van der Waals surface area contributed by atoms with Gasteiger partial charge in [0.2, 0.25) is 0 Å². The summed E-state index contributed by atoms with van der Waals surface area (Å²) >= 11 is 0. The number of aromatic nitrogens is 2. The van der Waals surface area contributed by atoms with Gasteiger partial charge in [-0.1, -0.05) is 95.8 Å². The Labute approximate surface area is 161 Å². The van der Waals surface area contributed by atoms with Crippen LogP contribution in [0.1, 0.15) is 89.8 Å². The Morgan fingerprint density at radius 1 is 0.731 bits per heavy atom. The largest absolute Gasteiger partial charge is 0.261 e. The van der Waals surface area contributed by atoms with Crippen molar-refractivity contribution in [3.63, 3.8) is 0 Å². The fourth-order valence-electron chi connectivity index (χ4n) is 3.75. The molecule has 2 nitrogen and oxygen atoms in total. The summed E-state index contributed by atoms with van der Waals surface area (Å²) in [5.74, 6) is 1.41. The van der Waals surface area contributed by atoms with Crippen LogP contribution in [0.3, 0.4) is 0 Å². The topological polar surface area (TPSA) is 8.81 Å². The lowest BCUT2D eigenvalue weighted by Gasteiger charge is -2.04. The lowest BCUT2D eigenvalue weighted by atomic mass is 10.0. The second-order valence-corrected chi connectivity index (χ2v) is 7.67. The SMILES string of the molecule is CCCCCCCCCCCCCCc1n(-c2ccccc2)cc[n+]1C. The molecule has 0 spiro atoms. The van der Waals surface area contributed by atoms with Gasteiger partial charge in [-0.15, -0.1) is 0 Å². The maximum atomic E-state index is 2.33. The third kappa shape index (κ3) is 7.35.